The van der Waals surface area contributed by atoms with E-state index < -0.39 is 10.0 Å². The zero-order chi connectivity index (χ0) is 12.0. The Morgan fingerprint density at radius 1 is 1.38 bits per heavy atom. The molecule has 88 valence electrons. The largest absolute Gasteiger partial charge is 0.241 e. The molecule has 0 unspecified atom stereocenters. The topological polar surface area (TPSA) is 46.2 Å². The third-order valence-electron chi connectivity index (χ3n) is 2.82. The van der Waals surface area contributed by atoms with E-state index in [-0.39, 0.29) is 5.54 Å². The molecule has 1 aliphatic carbocycles. The molecule has 0 heterocycles. The van der Waals surface area contributed by atoms with Gasteiger partial charge in [-0.25, -0.2) is 13.1 Å². The summed E-state index contributed by atoms with van der Waals surface area (Å²) < 4.78 is 27.8. The first kappa shape index (κ1) is 12.1. The Hall–Kier alpha value is -0.390. The highest BCUT2D eigenvalue weighted by Gasteiger charge is 2.41. The second-order valence-corrected chi connectivity index (χ2v) is 7.14. The Balaban J connectivity index is 2.38. The van der Waals surface area contributed by atoms with E-state index in [0.29, 0.717) is 4.90 Å². The highest BCUT2D eigenvalue weighted by molar-refractivity contribution is 9.10. The average Bonchev–Trinajstić information content (AvgIpc) is 2.86. The predicted octanol–water partition coefficient (Wildman–Crippen LogP) is 2.59. The lowest BCUT2D eigenvalue weighted by Crippen LogP contribution is -2.34. The molecule has 5 heteroatoms. The SMILES string of the molecule is Cc1ccc(Br)cc1S(=O)(=O)NC1(C)CC1. The Kier molecular flexibility index (Phi) is 2.88. The Morgan fingerprint density at radius 2 is 2.00 bits per heavy atom. The molecule has 3 nitrogen and oxygen atoms in total. The minimum atomic E-state index is -3.39. The zero-order valence-electron chi connectivity index (χ0n) is 9.25. The van der Waals surface area contributed by atoms with Gasteiger partial charge in [0.25, 0.3) is 0 Å². The van der Waals surface area contributed by atoms with Crippen molar-refractivity contribution < 1.29 is 8.42 Å². The molecular formula is C11H14BrNO2S. The van der Waals surface area contributed by atoms with Gasteiger partial charge in [0.05, 0.1) is 4.90 Å². The van der Waals surface area contributed by atoms with Gasteiger partial charge in [-0.3, -0.25) is 0 Å². The van der Waals surface area contributed by atoms with Gasteiger partial charge < -0.3 is 0 Å². The number of sulfonamides is 1. The lowest BCUT2D eigenvalue weighted by molar-refractivity contribution is 0.557. The van der Waals surface area contributed by atoms with Crippen LogP contribution in [0.25, 0.3) is 0 Å². The van der Waals surface area contributed by atoms with Gasteiger partial charge in [0.2, 0.25) is 10.0 Å². The van der Waals surface area contributed by atoms with E-state index in [4.69, 9.17) is 0 Å². The van der Waals surface area contributed by atoms with E-state index in [2.05, 4.69) is 20.7 Å². The lowest BCUT2D eigenvalue weighted by Gasteiger charge is -2.14. The summed E-state index contributed by atoms with van der Waals surface area (Å²) in [6, 6.07) is 5.28. The summed E-state index contributed by atoms with van der Waals surface area (Å²) in [5, 5.41) is 0. The van der Waals surface area contributed by atoms with Crippen LogP contribution in [0, 0.1) is 6.92 Å². The highest BCUT2D eigenvalue weighted by atomic mass is 79.9. The van der Waals surface area contributed by atoms with Gasteiger partial charge in [0, 0.05) is 10.0 Å². The molecule has 0 aliphatic heterocycles. The molecule has 1 aliphatic rings. The summed E-state index contributed by atoms with van der Waals surface area (Å²) in [7, 11) is -3.39. The van der Waals surface area contributed by atoms with Crippen LogP contribution in [0.3, 0.4) is 0 Å². The van der Waals surface area contributed by atoms with E-state index in [0.717, 1.165) is 22.9 Å². The van der Waals surface area contributed by atoms with Crippen molar-refractivity contribution in [1.82, 2.24) is 4.72 Å². The number of halogens is 1. The molecule has 1 aromatic rings. The molecule has 16 heavy (non-hydrogen) atoms. The van der Waals surface area contributed by atoms with Crippen LogP contribution in [0.15, 0.2) is 27.6 Å². The van der Waals surface area contributed by atoms with Crippen LogP contribution in [0.4, 0.5) is 0 Å². The number of benzene rings is 1. The van der Waals surface area contributed by atoms with E-state index in [1.807, 2.05) is 13.0 Å². The van der Waals surface area contributed by atoms with Crippen LogP contribution in [-0.2, 0) is 10.0 Å². The van der Waals surface area contributed by atoms with Gasteiger partial charge in [-0.15, -0.1) is 0 Å². The van der Waals surface area contributed by atoms with E-state index in [1.54, 1.807) is 19.1 Å². The molecule has 2 rings (SSSR count). The molecule has 0 saturated heterocycles. The lowest BCUT2D eigenvalue weighted by atomic mass is 10.2. The monoisotopic (exact) mass is 303 g/mol. The molecule has 0 amide bonds. The minimum Gasteiger partial charge on any atom is -0.207 e. The second-order valence-electron chi connectivity index (χ2n) is 4.58. The quantitative estimate of drug-likeness (QED) is 0.933. The van der Waals surface area contributed by atoms with Crippen LogP contribution >= 0.6 is 15.9 Å². The summed E-state index contributed by atoms with van der Waals surface area (Å²) in [4.78, 5) is 0.356. The van der Waals surface area contributed by atoms with Crippen LogP contribution < -0.4 is 4.72 Å². The molecule has 1 saturated carbocycles. The molecular weight excluding hydrogens is 290 g/mol. The summed E-state index contributed by atoms with van der Waals surface area (Å²) in [6.07, 6.45) is 1.83. The smallest absolute Gasteiger partial charge is 0.207 e. The van der Waals surface area contributed by atoms with Gasteiger partial charge in [-0.2, -0.15) is 0 Å². The Bertz CT molecular complexity index is 521. The molecule has 0 aromatic heterocycles. The van der Waals surface area contributed by atoms with E-state index in [1.165, 1.54) is 0 Å². The van der Waals surface area contributed by atoms with Crippen molar-refractivity contribution in [2.45, 2.75) is 37.1 Å². The average molecular weight is 304 g/mol. The fraction of sp³-hybridized carbons (Fsp3) is 0.455. The Morgan fingerprint density at radius 3 is 2.56 bits per heavy atom. The van der Waals surface area contributed by atoms with Crippen LogP contribution in [-0.4, -0.2) is 14.0 Å². The van der Waals surface area contributed by atoms with Crippen molar-refractivity contribution in [2.24, 2.45) is 0 Å². The Labute approximate surface area is 104 Å². The fourth-order valence-electron chi connectivity index (χ4n) is 1.53. The van der Waals surface area contributed by atoms with Crippen molar-refractivity contribution in [3.8, 4) is 0 Å². The standard InChI is InChI=1S/C11H14BrNO2S/c1-8-3-4-9(12)7-10(8)16(14,15)13-11(2)5-6-11/h3-4,7,13H,5-6H2,1-2H3. The summed E-state index contributed by atoms with van der Waals surface area (Å²) in [5.41, 5.74) is 0.535. The number of nitrogens with one attached hydrogen (secondary N) is 1. The van der Waals surface area contributed by atoms with E-state index in [9.17, 15) is 8.42 Å². The number of rotatable bonds is 3. The third kappa shape index (κ3) is 2.47. The number of hydrogen-bond donors (Lipinski definition) is 1. The maximum absolute atomic E-state index is 12.1. The highest BCUT2D eigenvalue weighted by Crippen LogP contribution is 2.36. The maximum Gasteiger partial charge on any atom is 0.241 e. The second kappa shape index (κ2) is 3.82. The maximum atomic E-state index is 12.1. The first-order valence-corrected chi connectivity index (χ1v) is 7.40. The first-order valence-electron chi connectivity index (χ1n) is 5.13. The number of aryl methyl sites for hydroxylation is 1. The number of hydrogen-bond acceptors (Lipinski definition) is 2. The van der Waals surface area contributed by atoms with Crippen molar-refractivity contribution in [1.29, 1.82) is 0 Å². The van der Waals surface area contributed by atoms with Gasteiger partial charge >= 0.3 is 0 Å². The van der Waals surface area contributed by atoms with E-state index >= 15 is 0 Å². The normalized spacial score (nSPS) is 18.4. The van der Waals surface area contributed by atoms with Crippen molar-refractivity contribution in [3.63, 3.8) is 0 Å². The summed E-state index contributed by atoms with van der Waals surface area (Å²) in [6.45, 7) is 3.73. The van der Waals surface area contributed by atoms with Gasteiger partial charge in [-0.1, -0.05) is 22.0 Å². The molecule has 1 aromatic carbocycles. The van der Waals surface area contributed by atoms with Crippen molar-refractivity contribution in [3.05, 3.63) is 28.2 Å². The fourth-order valence-corrected chi connectivity index (χ4v) is 3.78. The molecule has 0 spiro atoms. The minimum absolute atomic E-state index is 0.229. The zero-order valence-corrected chi connectivity index (χ0v) is 11.7. The van der Waals surface area contributed by atoms with Gasteiger partial charge in [0.1, 0.15) is 0 Å². The molecule has 0 atom stereocenters. The van der Waals surface area contributed by atoms with Gasteiger partial charge in [-0.05, 0) is 44.4 Å². The summed E-state index contributed by atoms with van der Waals surface area (Å²) >= 11 is 3.29. The van der Waals surface area contributed by atoms with Crippen molar-refractivity contribution in [2.75, 3.05) is 0 Å². The van der Waals surface area contributed by atoms with Gasteiger partial charge in [0.15, 0.2) is 0 Å². The summed E-state index contributed by atoms with van der Waals surface area (Å²) in [5.74, 6) is 0. The van der Waals surface area contributed by atoms with Crippen LogP contribution in [0.1, 0.15) is 25.3 Å². The first-order chi connectivity index (χ1) is 7.32. The molecule has 0 bridgehead atoms. The molecule has 1 fully saturated rings. The predicted molar refractivity (Wildman–Crippen MR) is 66.8 cm³/mol. The molecule has 1 N–H and O–H groups in total. The third-order valence-corrected chi connectivity index (χ3v) is 5.09. The molecule has 0 radical (unpaired) electrons. The van der Waals surface area contributed by atoms with Crippen LogP contribution in [0.2, 0.25) is 0 Å². The van der Waals surface area contributed by atoms with Crippen molar-refractivity contribution >= 4 is 26.0 Å². The van der Waals surface area contributed by atoms with Crippen LogP contribution in [0.5, 0.6) is 0 Å².